The van der Waals surface area contributed by atoms with Gasteiger partial charge in [-0.2, -0.15) is 0 Å². The molecule has 110 valence electrons. The molecule has 3 N–H and O–H groups in total. The standard InChI is InChI=1S/C12H12F3N3O.HI/c1-2-3-8-17-11(16)18-9-4-6-10(7-5-9)19-12(13,14)15;/h4-7H,8H2,1H3,(H3,16,17,18);1H. The Morgan fingerprint density at radius 3 is 2.45 bits per heavy atom. The number of hydrogen-bond acceptors (Lipinski definition) is 2. The monoisotopic (exact) mass is 399 g/mol. The molecule has 0 saturated carbocycles. The molecule has 0 atom stereocenters. The molecule has 0 amide bonds. The fourth-order valence-electron chi connectivity index (χ4n) is 1.13. The van der Waals surface area contributed by atoms with E-state index in [-0.39, 0.29) is 42.2 Å². The van der Waals surface area contributed by atoms with Crippen molar-refractivity contribution >= 4 is 35.6 Å². The van der Waals surface area contributed by atoms with Crippen LogP contribution in [0.3, 0.4) is 0 Å². The molecule has 0 aliphatic rings. The summed E-state index contributed by atoms with van der Waals surface area (Å²) in [5.74, 6) is 5.18. The van der Waals surface area contributed by atoms with E-state index in [1.165, 1.54) is 24.3 Å². The van der Waals surface area contributed by atoms with Crippen LogP contribution in [-0.4, -0.2) is 18.9 Å². The molecule has 1 rings (SSSR count). The summed E-state index contributed by atoms with van der Waals surface area (Å²) in [6, 6.07) is 5.15. The van der Waals surface area contributed by atoms with E-state index >= 15 is 0 Å². The summed E-state index contributed by atoms with van der Waals surface area (Å²) in [6.07, 6.45) is -4.70. The minimum atomic E-state index is -4.70. The van der Waals surface area contributed by atoms with Crippen LogP contribution in [0, 0.1) is 11.8 Å². The van der Waals surface area contributed by atoms with Crippen LogP contribution in [-0.2, 0) is 0 Å². The lowest BCUT2D eigenvalue weighted by atomic mass is 10.3. The molecule has 0 unspecified atom stereocenters. The lowest BCUT2D eigenvalue weighted by Gasteiger charge is -2.10. The van der Waals surface area contributed by atoms with E-state index in [1.54, 1.807) is 6.92 Å². The van der Waals surface area contributed by atoms with Crippen molar-refractivity contribution in [3.8, 4) is 17.6 Å². The van der Waals surface area contributed by atoms with E-state index in [2.05, 4.69) is 26.9 Å². The number of alkyl halides is 3. The second-order valence-electron chi connectivity index (χ2n) is 3.33. The first kappa shape index (κ1) is 18.4. The van der Waals surface area contributed by atoms with E-state index in [1.807, 2.05) is 0 Å². The highest BCUT2D eigenvalue weighted by Crippen LogP contribution is 2.23. The molecule has 0 radical (unpaired) electrons. The molecule has 1 aromatic carbocycles. The number of ether oxygens (including phenoxy) is 1. The van der Waals surface area contributed by atoms with Gasteiger partial charge in [0.1, 0.15) is 12.3 Å². The number of nitrogens with two attached hydrogens (primary N) is 1. The summed E-state index contributed by atoms with van der Waals surface area (Å²) in [7, 11) is 0. The SMILES string of the molecule is CC#CCN=C(N)Nc1ccc(OC(F)(F)F)cc1.I. The van der Waals surface area contributed by atoms with Crippen molar-refractivity contribution in [1.82, 2.24) is 0 Å². The van der Waals surface area contributed by atoms with Gasteiger partial charge < -0.3 is 15.8 Å². The Hall–Kier alpha value is -1.63. The first-order valence-corrected chi connectivity index (χ1v) is 5.23. The van der Waals surface area contributed by atoms with Gasteiger partial charge in [-0.05, 0) is 31.2 Å². The van der Waals surface area contributed by atoms with Crippen LogP contribution in [0.4, 0.5) is 18.9 Å². The molecule has 0 spiro atoms. The quantitative estimate of drug-likeness (QED) is 0.356. The third-order valence-electron chi connectivity index (χ3n) is 1.87. The summed E-state index contributed by atoms with van der Waals surface area (Å²) < 4.78 is 39.5. The third-order valence-corrected chi connectivity index (χ3v) is 1.87. The van der Waals surface area contributed by atoms with E-state index in [0.717, 1.165) is 0 Å². The molecule has 4 nitrogen and oxygen atoms in total. The van der Waals surface area contributed by atoms with Gasteiger partial charge in [0.2, 0.25) is 0 Å². The average Bonchev–Trinajstić information content (AvgIpc) is 2.30. The zero-order valence-electron chi connectivity index (χ0n) is 10.5. The van der Waals surface area contributed by atoms with Crippen molar-refractivity contribution in [2.75, 3.05) is 11.9 Å². The molecule has 0 heterocycles. The Bertz CT molecular complexity index is 503. The Morgan fingerprint density at radius 1 is 1.35 bits per heavy atom. The number of aliphatic imine (C=N–C) groups is 1. The number of hydrogen-bond donors (Lipinski definition) is 2. The molecule has 1 aromatic rings. The first-order valence-electron chi connectivity index (χ1n) is 5.23. The number of rotatable bonds is 3. The molecule has 0 aliphatic heterocycles. The summed E-state index contributed by atoms with van der Waals surface area (Å²) >= 11 is 0. The zero-order chi connectivity index (χ0) is 14.3. The van der Waals surface area contributed by atoms with Crippen LogP contribution >= 0.6 is 24.0 Å². The average molecular weight is 399 g/mol. The minimum absolute atomic E-state index is 0. The molecule has 8 heteroatoms. The number of halogens is 4. The molecule has 0 fully saturated rings. The number of anilines is 1. The lowest BCUT2D eigenvalue weighted by molar-refractivity contribution is -0.274. The Morgan fingerprint density at radius 2 is 1.95 bits per heavy atom. The number of nitrogens with zero attached hydrogens (tertiary/aromatic N) is 1. The maximum absolute atomic E-state index is 11.9. The van der Waals surface area contributed by atoms with Gasteiger partial charge in [0, 0.05) is 5.69 Å². The van der Waals surface area contributed by atoms with Crippen molar-refractivity contribution in [3.63, 3.8) is 0 Å². The molecule has 0 aromatic heterocycles. The van der Waals surface area contributed by atoms with Gasteiger partial charge in [0.05, 0.1) is 0 Å². The smallest absolute Gasteiger partial charge is 0.406 e. The van der Waals surface area contributed by atoms with Crippen molar-refractivity contribution in [3.05, 3.63) is 24.3 Å². The van der Waals surface area contributed by atoms with Crippen LogP contribution in [0.5, 0.6) is 5.75 Å². The Labute approximate surface area is 131 Å². The number of nitrogens with one attached hydrogen (secondary N) is 1. The van der Waals surface area contributed by atoms with Crippen molar-refractivity contribution < 1.29 is 17.9 Å². The zero-order valence-corrected chi connectivity index (χ0v) is 12.8. The fraction of sp³-hybridized carbons (Fsp3) is 0.250. The molecular weight excluding hydrogens is 386 g/mol. The van der Waals surface area contributed by atoms with E-state index < -0.39 is 6.36 Å². The number of guanidine groups is 1. The first-order chi connectivity index (χ1) is 8.90. The van der Waals surface area contributed by atoms with Crippen LogP contribution in [0.2, 0.25) is 0 Å². The molecule has 0 aliphatic carbocycles. The highest BCUT2D eigenvalue weighted by molar-refractivity contribution is 14.0. The second kappa shape index (κ2) is 8.52. The summed E-state index contributed by atoms with van der Waals surface area (Å²) in [5.41, 5.74) is 6.05. The van der Waals surface area contributed by atoms with E-state index in [4.69, 9.17) is 5.73 Å². The maximum Gasteiger partial charge on any atom is 0.573 e. The van der Waals surface area contributed by atoms with Gasteiger partial charge in [-0.1, -0.05) is 5.92 Å². The predicted octanol–water partition coefficient (Wildman–Crippen LogP) is 2.95. The van der Waals surface area contributed by atoms with Crippen LogP contribution < -0.4 is 15.8 Å². The van der Waals surface area contributed by atoms with Gasteiger partial charge in [-0.25, -0.2) is 4.99 Å². The third kappa shape index (κ3) is 7.73. The normalized spacial score (nSPS) is 10.9. The predicted molar refractivity (Wildman–Crippen MR) is 82.1 cm³/mol. The largest absolute Gasteiger partial charge is 0.573 e. The van der Waals surface area contributed by atoms with E-state index in [9.17, 15) is 13.2 Å². The summed E-state index contributed by atoms with van der Waals surface area (Å²) in [5, 5.41) is 2.71. The fourth-order valence-corrected chi connectivity index (χ4v) is 1.13. The Balaban J connectivity index is 0.00000361. The van der Waals surface area contributed by atoms with Gasteiger partial charge in [-0.3, -0.25) is 0 Å². The highest BCUT2D eigenvalue weighted by atomic mass is 127. The van der Waals surface area contributed by atoms with Gasteiger partial charge in [0.15, 0.2) is 5.96 Å². The van der Waals surface area contributed by atoms with E-state index in [0.29, 0.717) is 5.69 Å². The van der Waals surface area contributed by atoms with Crippen molar-refractivity contribution in [1.29, 1.82) is 0 Å². The van der Waals surface area contributed by atoms with Gasteiger partial charge in [-0.15, -0.1) is 43.1 Å². The topological polar surface area (TPSA) is 59.6 Å². The molecule has 0 bridgehead atoms. The highest BCUT2D eigenvalue weighted by Gasteiger charge is 2.30. The molecule has 0 saturated heterocycles. The number of benzene rings is 1. The van der Waals surface area contributed by atoms with Crippen LogP contribution in [0.1, 0.15) is 6.92 Å². The Kier molecular flexibility index (Phi) is 7.83. The lowest BCUT2D eigenvalue weighted by Crippen LogP contribution is -2.22. The summed E-state index contributed by atoms with van der Waals surface area (Å²) in [4.78, 5) is 3.89. The molecule has 20 heavy (non-hydrogen) atoms. The second-order valence-corrected chi connectivity index (χ2v) is 3.33. The summed E-state index contributed by atoms with van der Waals surface area (Å²) in [6.45, 7) is 1.93. The van der Waals surface area contributed by atoms with Gasteiger partial charge >= 0.3 is 6.36 Å². The van der Waals surface area contributed by atoms with Crippen molar-refractivity contribution in [2.45, 2.75) is 13.3 Å². The molecular formula is C12H13F3IN3O. The minimum Gasteiger partial charge on any atom is -0.406 e. The van der Waals surface area contributed by atoms with Crippen molar-refractivity contribution in [2.24, 2.45) is 10.7 Å². The maximum atomic E-state index is 11.9. The van der Waals surface area contributed by atoms with Crippen LogP contribution in [0.25, 0.3) is 0 Å². The van der Waals surface area contributed by atoms with Crippen LogP contribution in [0.15, 0.2) is 29.3 Å². The van der Waals surface area contributed by atoms with Gasteiger partial charge in [0.25, 0.3) is 0 Å².